The zero-order valence-corrected chi connectivity index (χ0v) is 10.3. The van der Waals surface area contributed by atoms with Crippen LogP contribution in [0.3, 0.4) is 0 Å². The van der Waals surface area contributed by atoms with Gasteiger partial charge < -0.3 is 4.74 Å². The van der Waals surface area contributed by atoms with E-state index >= 15 is 0 Å². The fourth-order valence-electron chi connectivity index (χ4n) is 1.78. The van der Waals surface area contributed by atoms with Crippen LogP contribution in [0.5, 0.6) is 0 Å². The number of hydrogen-bond acceptors (Lipinski definition) is 2. The van der Waals surface area contributed by atoms with Crippen LogP contribution in [-0.2, 0) is 4.74 Å². The maximum absolute atomic E-state index is 5.41. The zero-order valence-electron chi connectivity index (χ0n) is 8.74. The summed E-state index contributed by atoms with van der Waals surface area (Å²) in [6, 6.07) is 4.09. The van der Waals surface area contributed by atoms with Crippen molar-refractivity contribution in [2.45, 2.75) is 19.3 Å². The summed E-state index contributed by atoms with van der Waals surface area (Å²) in [5.41, 5.74) is 1.14. The highest BCUT2D eigenvalue weighted by Crippen LogP contribution is 2.50. The van der Waals surface area contributed by atoms with E-state index in [9.17, 15) is 0 Å². The van der Waals surface area contributed by atoms with Crippen LogP contribution in [0.4, 0.5) is 0 Å². The summed E-state index contributed by atoms with van der Waals surface area (Å²) in [7, 11) is 0. The molecule has 0 N–H and O–H groups in total. The molecule has 2 rings (SSSR count). The van der Waals surface area contributed by atoms with E-state index in [1.165, 1.54) is 0 Å². The molecule has 1 aromatic rings. The van der Waals surface area contributed by atoms with E-state index in [4.69, 9.17) is 4.74 Å². The Bertz CT molecular complexity index is 360. The topological polar surface area (TPSA) is 22.1 Å². The normalized spacial score (nSPS) is 23.6. The van der Waals surface area contributed by atoms with Gasteiger partial charge in [-0.2, -0.15) is 0 Å². The molecule has 1 aliphatic rings. The molecule has 1 heterocycles. The molecule has 0 saturated heterocycles. The highest BCUT2D eigenvalue weighted by Gasteiger charge is 2.42. The monoisotopic (exact) mass is 267 g/mol. The number of allylic oxidation sites excluding steroid dienone is 1. The Hall–Kier alpha value is -0.830. The summed E-state index contributed by atoms with van der Waals surface area (Å²) < 4.78 is 6.43. The van der Waals surface area contributed by atoms with Crippen molar-refractivity contribution >= 4 is 15.9 Å². The van der Waals surface area contributed by atoms with Gasteiger partial charge in [0.15, 0.2) is 0 Å². The Morgan fingerprint density at radius 2 is 2.47 bits per heavy atom. The molecule has 2 unspecified atom stereocenters. The number of nitrogens with zero attached hydrogens (tertiary/aromatic N) is 1. The predicted molar refractivity (Wildman–Crippen MR) is 63.6 cm³/mol. The van der Waals surface area contributed by atoms with Crippen molar-refractivity contribution < 1.29 is 4.74 Å². The maximum Gasteiger partial charge on any atom is 0.0925 e. The first-order valence-corrected chi connectivity index (χ1v) is 5.94. The lowest BCUT2D eigenvalue weighted by Crippen LogP contribution is -1.95. The van der Waals surface area contributed by atoms with E-state index in [-0.39, 0.29) is 0 Å². The molecule has 0 aromatic carbocycles. The van der Waals surface area contributed by atoms with Crippen molar-refractivity contribution in [2.75, 3.05) is 6.61 Å². The van der Waals surface area contributed by atoms with Crippen LogP contribution < -0.4 is 0 Å². The molecule has 0 spiro atoms. The number of hydrogen-bond donors (Lipinski definition) is 0. The second-order valence-corrected chi connectivity index (χ2v) is 4.66. The Labute approximate surface area is 98.5 Å². The Morgan fingerprint density at radius 3 is 3.07 bits per heavy atom. The summed E-state index contributed by atoms with van der Waals surface area (Å²) >= 11 is 3.38. The molecule has 2 atom stereocenters. The second-order valence-electron chi connectivity index (χ2n) is 3.75. The van der Waals surface area contributed by atoms with Crippen molar-refractivity contribution in [3.63, 3.8) is 0 Å². The molecule has 0 aliphatic heterocycles. The number of aromatic nitrogens is 1. The van der Waals surface area contributed by atoms with Crippen molar-refractivity contribution in [3.05, 3.63) is 40.8 Å². The summed E-state index contributed by atoms with van der Waals surface area (Å²) in [6.07, 6.45) is 2.96. The van der Waals surface area contributed by atoms with Crippen LogP contribution >= 0.6 is 15.9 Å². The average Bonchev–Trinajstić information content (AvgIpc) is 2.99. The first kappa shape index (κ1) is 10.7. The third-order valence-electron chi connectivity index (χ3n) is 2.66. The van der Waals surface area contributed by atoms with Gasteiger partial charge in [0.05, 0.1) is 12.4 Å². The lowest BCUT2D eigenvalue weighted by atomic mass is 10.2. The van der Waals surface area contributed by atoms with Crippen LogP contribution in [0.1, 0.15) is 25.0 Å². The molecule has 1 aliphatic carbocycles. The van der Waals surface area contributed by atoms with Gasteiger partial charge in [-0.3, -0.25) is 4.98 Å². The van der Waals surface area contributed by atoms with E-state index in [0.29, 0.717) is 18.4 Å². The maximum atomic E-state index is 5.41. The van der Waals surface area contributed by atoms with Gasteiger partial charge in [-0.1, -0.05) is 6.58 Å². The van der Waals surface area contributed by atoms with E-state index in [1.807, 2.05) is 19.2 Å². The van der Waals surface area contributed by atoms with E-state index < -0.39 is 0 Å². The molecule has 1 aromatic heterocycles. The second kappa shape index (κ2) is 4.35. The van der Waals surface area contributed by atoms with E-state index in [0.717, 1.165) is 22.3 Å². The summed E-state index contributed by atoms with van der Waals surface area (Å²) in [5.74, 6) is 1.89. The molecule has 3 heteroatoms. The summed E-state index contributed by atoms with van der Waals surface area (Å²) in [4.78, 5) is 4.39. The molecular formula is C12H14BrNO. The molecule has 15 heavy (non-hydrogen) atoms. The first-order valence-electron chi connectivity index (χ1n) is 5.15. The van der Waals surface area contributed by atoms with Crippen molar-refractivity contribution in [3.8, 4) is 0 Å². The van der Waals surface area contributed by atoms with Gasteiger partial charge in [0.1, 0.15) is 0 Å². The van der Waals surface area contributed by atoms with Gasteiger partial charge in [0.2, 0.25) is 0 Å². The van der Waals surface area contributed by atoms with Crippen LogP contribution in [-0.4, -0.2) is 11.6 Å². The Kier molecular flexibility index (Phi) is 3.10. The minimum atomic E-state index is 0.471. The van der Waals surface area contributed by atoms with Crippen molar-refractivity contribution in [2.24, 2.45) is 5.92 Å². The van der Waals surface area contributed by atoms with Crippen LogP contribution in [0, 0.1) is 5.92 Å². The third-order valence-corrected chi connectivity index (χ3v) is 3.13. The molecule has 1 saturated carbocycles. The number of rotatable bonds is 4. The summed E-state index contributed by atoms with van der Waals surface area (Å²) in [5, 5.41) is 0. The highest BCUT2D eigenvalue weighted by atomic mass is 79.9. The molecule has 2 nitrogen and oxygen atoms in total. The Morgan fingerprint density at radius 1 is 1.67 bits per heavy atom. The number of ether oxygens (including phenoxy) is 1. The molecule has 80 valence electrons. The predicted octanol–water partition coefficient (Wildman–Crippen LogP) is 3.50. The average molecular weight is 268 g/mol. The van der Waals surface area contributed by atoms with E-state index in [1.54, 1.807) is 0 Å². The van der Waals surface area contributed by atoms with Crippen LogP contribution in [0.2, 0.25) is 0 Å². The molecule has 0 bridgehead atoms. The van der Waals surface area contributed by atoms with Gasteiger partial charge in [-0.05, 0) is 41.4 Å². The van der Waals surface area contributed by atoms with Gasteiger partial charge in [0, 0.05) is 28.2 Å². The van der Waals surface area contributed by atoms with Crippen LogP contribution in [0.15, 0.2) is 35.1 Å². The molecule has 0 radical (unpaired) electrons. The molecule has 1 fully saturated rings. The van der Waals surface area contributed by atoms with Gasteiger partial charge >= 0.3 is 0 Å². The number of halogens is 1. The first-order chi connectivity index (χ1) is 7.22. The zero-order chi connectivity index (χ0) is 10.8. The summed E-state index contributed by atoms with van der Waals surface area (Å²) in [6.45, 7) is 6.63. The standard InChI is InChI=1S/C12H14BrNO/c1-3-15-8(2)10-6-11(10)12-5-4-9(13)7-14-12/h4-5,7,10-11H,2-3,6H2,1H3. The van der Waals surface area contributed by atoms with Gasteiger partial charge in [-0.15, -0.1) is 0 Å². The van der Waals surface area contributed by atoms with Crippen molar-refractivity contribution in [1.82, 2.24) is 4.98 Å². The fourth-order valence-corrected chi connectivity index (χ4v) is 2.01. The van der Waals surface area contributed by atoms with E-state index in [2.05, 4.69) is 33.6 Å². The minimum absolute atomic E-state index is 0.471. The largest absolute Gasteiger partial charge is 0.499 e. The lowest BCUT2D eigenvalue weighted by Gasteiger charge is -2.05. The number of pyridine rings is 1. The molecule has 0 amide bonds. The SMILES string of the molecule is C=C(OCC)C1CC1c1ccc(Br)cn1. The smallest absolute Gasteiger partial charge is 0.0925 e. The van der Waals surface area contributed by atoms with Crippen molar-refractivity contribution in [1.29, 1.82) is 0 Å². The van der Waals surface area contributed by atoms with Gasteiger partial charge in [0.25, 0.3) is 0 Å². The molecular weight excluding hydrogens is 254 g/mol. The highest BCUT2D eigenvalue weighted by molar-refractivity contribution is 9.10. The third kappa shape index (κ3) is 2.40. The lowest BCUT2D eigenvalue weighted by molar-refractivity contribution is 0.213. The fraction of sp³-hybridized carbons (Fsp3) is 0.417. The van der Waals surface area contributed by atoms with Gasteiger partial charge in [-0.25, -0.2) is 0 Å². The van der Waals surface area contributed by atoms with Crippen LogP contribution in [0.25, 0.3) is 0 Å². The Balaban J connectivity index is 1.98. The quantitative estimate of drug-likeness (QED) is 0.780. The minimum Gasteiger partial charge on any atom is -0.499 e.